The predicted octanol–water partition coefficient (Wildman–Crippen LogP) is 3.59. The van der Waals surface area contributed by atoms with Crippen LogP contribution in [0.15, 0.2) is 34.2 Å². The van der Waals surface area contributed by atoms with Crippen molar-refractivity contribution < 1.29 is 4.79 Å². The largest absolute Gasteiger partial charge is 0.352 e. The molecule has 1 aliphatic rings. The Morgan fingerprint density at radius 3 is 2.81 bits per heavy atom. The van der Waals surface area contributed by atoms with Crippen molar-refractivity contribution in [2.45, 2.75) is 69.4 Å². The second-order valence-electron chi connectivity index (χ2n) is 7.10. The number of nitrogens with zero attached hydrogens (tertiary/aromatic N) is 2. The third kappa shape index (κ3) is 3.95. The number of amides is 1. The molecule has 1 heterocycles. The van der Waals surface area contributed by atoms with Gasteiger partial charge in [0.2, 0.25) is 5.91 Å². The summed E-state index contributed by atoms with van der Waals surface area (Å²) in [5.41, 5.74) is 0.632. The molecule has 1 aromatic carbocycles. The monoisotopic (exact) mass is 373 g/mol. The van der Waals surface area contributed by atoms with Crippen LogP contribution in [0.3, 0.4) is 0 Å². The third-order valence-corrected chi connectivity index (χ3v) is 6.32. The molecule has 3 atom stereocenters. The Bertz CT molecular complexity index is 849. The van der Waals surface area contributed by atoms with Crippen molar-refractivity contribution in [3.8, 4) is 0 Å². The molecule has 1 amide bonds. The number of thioether (sulfide) groups is 1. The highest BCUT2D eigenvalue weighted by molar-refractivity contribution is 8.00. The zero-order valence-corrected chi connectivity index (χ0v) is 16.5. The SMILES string of the molecule is CCn1c(SC(C)C(=O)NC2CCCCC2C)nc2ccccc2c1=O. The molecule has 3 rings (SSSR count). The van der Waals surface area contributed by atoms with Crippen LogP contribution in [-0.4, -0.2) is 26.8 Å². The molecule has 0 spiro atoms. The lowest BCUT2D eigenvalue weighted by atomic mass is 9.86. The summed E-state index contributed by atoms with van der Waals surface area (Å²) in [4.78, 5) is 30.0. The van der Waals surface area contributed by atoms with E-state index in [4.69, 9.17) is 0 Å². The number of hydrogen-bond donors (Lipinski definition) is 1. The molecule has 0 saturated heterocycles. The van der Waals surface area contributed by atoms with Gasteiger partial charge in [0, 0.05) is 12.6 Å². The van der Waals surface area contributed by atoms with Gasteiger partial charge in [-0.2, -0.15) is 0 Å². The molecule has 0 aliphatic heterocycles. The summed E-state index contributed by atoms with van der Waals surface area (Å²) in [5.74, 6) is 0.552. The van der Waals surface area contributed by atoms with Crippen molar-refractivity contribution >= 4 is 28.6 Å². The molecule has 1 N–H and O–H groups in total. The first-order valence-corrected chi connectivity index (χ1v) is 10.4. The number of para-hydroxylation sites is 1. The van der Waals surface area contributed by atoms with Crippen molar-refractivity contribution in [3.05, 3.63) is 34.6 Å². The van der Waals surface area contributed by atoms with Crippen LogP contribution < -0.4 is 10.9 Å². The lowest BCUT2D eigenvalue weighted by Crippen LogP contribution is -2.44. The molecule has 2 aromatic rings. The van der Waals surface area contributed by atoms with Crippen molar-refractivity contribution in [2.24, 2.45) is 5.92 Å². The molecule has 1 aromatic heterocycles. The van der Waals surface area contributed by atoms with E-state index < -0.39 is 0 Å². The van der Waals surface area contributed by atoms with Crippen LogP contribution in [0, 0.1) is 5.92 Å². The van der Waals surface area contributed by atoms with Gasteiger partial charge in [0.1, 0.15) is 0 Å². The molecule has 1 saturated carbocycles. The Morgan fingerprint density at radius 2 is 2.08 bits per heavy atom. The molecule has 140 valence electrons. The summed E-state index contributed by atoms with van der Waals surface area (Å²) in [6.45, 7) is 6.56. The fourth-order valence-corrected chi connectivity index (χ4v) is 4.54. The number of aromatic nitrogens is 2. The quantitative estimate of drug-likeness (QED) is 0.643. The number of rotatable bonds is 5. The number of carbonyl (C=O) groups is 1. The van der Waals surface area contributed by atoms with Crippen LogP contribution in [0.4, 0.5) is 0 Å². The average molecular weight is 374 g/mol. The number of nitrogens with one attached hydrogen (secondary N) is 1. The zero-order valence-electron chi connectivity index (χ0n) is 15.7. The molecular formula is C20H27N3O2S. The minimum absolute atomic E-state index is 0.0267. The Balaban J connectivity index is 1.79. The van der Waals surface area contributed by atoms with Gasteiger partial charge in [0.05, 0.1) is 16.2 Å². The third-order valence-electron chi connectivity index (χ3n) is 5.23. The maximum Gasteiger partial charge on any atom is 0.262 e. The molecule has 6 heteroatoms. The summed E-state index contributed by atoms with van der Waals surface area (Å²) < 4.78 is 1.65. The molecule has 0 radical (unpaired) electrons. The predicted molar refractivity (Wildman–Crippen MR) is 107 cm³/mol. The minimum Gasteiger partial charge on any atom is -0.352 e. The van der Waals surface area contributed by atoms with Gasteiger partial charge >= 0.3 is 0 Å². The number of hydrogen-bond acceptors (Lipinski definition) is 4. The molecule has 5 nitrogen and oxygen atoms in total. The summed E-state index contributed by atoms with van der Waals surface area (Å²) in [6.07, 6.45) is 4.66. The summed E-state index contributed by atoms with van der Waals surface area (Å²) >= 11 is 1.36. The van der Waals surface area contributed by atoms with E-state index in [9.17, 15) is 9.59 Å². The second-order valence-corrected chi connectivity index (χ2v) is 8.41. The van der Waals surface area contributed by atoms with Gasteiger partial charge in [-0.15, -0.1) is 0 Å². The summed E-state index contributed by atoms with van der Waals surface area (Å²) in [5, 5.41) is 4.13. The molecule has 26 heavy (non-hydrogen) atoms. The summed E-state index contributed by atoms with van der Waals surface area (Å²) in [6, 6.07) is 7.62. The normalized spacial score (nSPS) is 21.5. The molecule has 1 aliphatic carbocycles. The number of fused-ring (bicyclic) bond motifs is 1. The van der Waals surface area contributed by atoms with Crippen molar-refractivity contribution in [3.63, 3.8) is 0 Å². The van der Waals surface area contributed by atoms with E-state index in [0.717, 1.165) is 6.42 Å². The number of benzene rings is 1. The van der Waals surface area contributed by atoms with Crippen molar-refractivity contribution in [1.29, 1.82) is 0 Å². The van der Waals surface area contributed by atoms with Gasteiger partial charge in [-0.05, 0) is 44.7 Å². The minimum atomic E-state index is -0.296. The Hall–Kier alpha value is -1.82. The van der Waals surface area contributed by atoms with E-state index in [-0.39, 0.29) is 22.8 Å². The highest BCUT2D eigenvalue weighted by Crippen LogP contribution is 2.26. The van der Waals surface area contributed by atoms with Gasteiger partial charge < -0.3 is 5.32 Å². The lowest BCUT2D eigenvalue weighted by molar-refractivity contribution is -0.121. The molecule has 1 fully saturated rings. The van der Waals surface area contributed by atoms with Crippen LogP contribution in [0.2, 0.25) is 0 Å². The van der Waals surface area contributed by atoms with Crippen LogP contribution >= 0.6 is 11.8 Å². The van der Waals surface area contributed by atoms with Crippen LogP contribution in [-0.2, 0) is 11.3 Å². The average Bonchev–Trinajstić information content (AvgIpc) is 2.64. The number of carbonyl (C=O) groups excluding carboxylic acids is 1. The fraction of sp³-hybridized carbons (Fsp3) is 0.550. The van der Waals surface area contributed by atoms with E-state index in [0.29, 0.717) is 28.5 Å². The van der Waals surface area contributed by atoms with Gasteiger partial charge in [-0.1, -0.05) is 43.7 Å². The Labute approximate surface area is 158 Å². The first-order chi connectivity index (χ1) is 12.5. The Morgan fingerprint density at radius 1 is 1.35 bits per heavy atom. The maximum absolute atomic E-state index is 12.7. The van der Waals surface area contributed by atoms with Gasteiger partial charge in [0.25, 0.3) is 5.56 Å². The smallest absolute Gasteiger partial charge is 0.262 e. The second kappa shape index (κ2) is 8.25. The van der Waals surface area contributed by atoms with Gasteiger partial charge in [-0.25, -0.2) is 4.98 Å². The standard InChI is InChI=1S/C20H27N3O2S/c1-4-23-19(25)15-10-6-8-12-17(15)22-20(23)26-14(3)18(24)21-16-11-7-5-9-13(16)2/h6,8,10,12-14,16H,4-5,7,9,11H2,1-3H3,(H,21,24). The van der Waals surface area contributed by atoms with Gasteiger partial charge in [-0.3, -0.25) is 14.2 Å². The van der Waals surface area contributed by atoms with E-state index in [1.165, 1.54) is 31.0 Å². The molecule has 0 bridgehead atoms. The van der Waals surface area contributed by atoms with Crippen LogP contribution in [0.5, 0.6) is 0 Å². The first kappa shape index (κ1) is 19.0. The fourth-order valence-electron chi connectivity index (χ4n) is 3.56. The van der Waals surface area contributed by atoms with Crippen molar-refractivity contribution in [1.82, 2.24) is 14.9 Å². The zero-order chi connectivity index (χ0) is 18.7. The van der Waals surface area contributed by atoms with E-state index in [1.807, 2.05) is 32.0 Å². The first-order valence-electron chi connectivity index (χ1n) is 9.48. The topological polar surface area (TPSA) is 64.0 Å². The van der Waals surface area contributed by atoms with E-state index >= 15 is 0 Å². The van der Waals surface area contributed by atoms with Crippen LogP contribution in [0.1, 0.15) is 46.5 Å². The van der Waals surface area contributed by atoms with E-state index in [1.54, 1.807) is 10.6 Å². The van der Waals surface area contributed by atoms with Gasteiger partial charge in [0.15, 0.2) is 5.16 Å². The maximum atomic E-state index is 12.7. The molecular weight excluding hydrogens is 346 g/mol. The van der Waals surface area contributed by atoms with E-state index in [2.05, 4.69) is 17.2 Å². The van der Waals surface area contributed by atoms with Crippen molar-refractivity contribution in [2.75, 3.05) is 0 Å². The lowest BCUT2D eigenvalue weighted by Gasteiger charge is -2.30. The summed E-state index contributed by atoms with van der Waals surface area (Å²) in [7, 11) is 0. The Kier molecular flexibility index (Phi) is 6.01. The highest BCUT2D eigenvalue weighted by atomic mass is 32.2. The van der Waals surface area contributed by atoms with Crippen LogP contribution in [0.25, 0.3) is 10.9 Å². The highest BCUT2D eigenvalue weighted by Gasteiger charge is 2.26. The molecule has 3 unspecified atom stereocenters.